The van der Waals surface area contributed by atoms with Crippen LogP contribution in [0.15, 0.2) is 18.2 Å². The molecule has 1 unspecified atom stereocenters. The van der Waals surface area contributed by atoms with E-state index in [1.807, 2.05) is 18.2 Å². The number of anilines is 2. The summed E-state index contributed by atoms with van der Waals surface area (Å²) in [6.45, 7) is 12.5. The minimum absolute atomic E-state index is 0.346. The van der Waals surface area contributed by atoms with Gasteiger partial charge >= 0.3 is 0 Å². The van der Waals surface area contributed by atoms with E-state index in [0.29, 0.717) is 18.3 Å². The number of nitrogen functional groups attached to an aromatic ring is 1. The molecule has 0 heterocycles. The Kier molecular flexibility index (Phi) is 7.23. The molecule has 1 aromatic carbocycles. The molecule has 0 aliphatic carbocycles. The summed E-state index contributed by atoms with van der Waals surface area (Å²) in [7, 11) is 0. The Morgan fingerprint density at radius 3 is 2.55 bits per heavy atom. The Labute approximate surface area is 123 Å². The Bertz CT molecular complexity index is 391. The number of hydrogen-bond acceptors (Lipinski definition) is 4. The molecule has 0 aromatic heterocycles. The summed E-state index contributed by atoms with van der Waals surface area (Å²) in [6.07, 6.45) is 0.982. The maximum absolute atomic E-state index is 6.17. The molecule has 4 nitrogen and oxygen atoms in total. The van der Waals surface area contributed by atoms with Crippen molar-refractivity contribution < 1.29 is 4.74 Å². The number of rotatable bonds is 9. The number of nitrogens with one attached hydrogen (secondary N) is 1. The Morgan fingerprint density at radius 2 is 1.95 bits per heavy atom. The fraction of sp³-hybridized carbons (Fsp3) is 0.625. The van der Waals surface area contributed by atoms with E-state index in [1.54, 1.807) is 0 Å². The van der Waals surface area contributed by atoms with Crippen LogP contribution >= 0.6 is 0 Å². The van der Waals surface area contributed by atoms with Crippen molar-refractivity contribution in [3.63, 3.8) is 0 Å². The van der Waals surface area contributed by atoms with E-state index in [2.05, 4.69) is 37.9 Å². The van der Waals surface area contributed by atoms with E-state index in [-0.39, 0.29) is 0 Å². The molecular formula is C16H29N3O. The number of nitrogens with zero attached hydrogens (tertiary/aromatic N) is 1. The molecule has 114 valence electrons. The SMILES string of the molecule is CCCOc1cccc(NC(C)CN(CC)CC)c1N. The van der Waals surface area contributed by atoms with E-state index < -0.39 is 0 Å². The summed E-state index contributed by atoms with van der Waals surface area (Å²) in [5, 5.41) is 3.48. The van der Waals surface area contributed by atoms with Crippen LogP contribution in [0.5, 0.6) is 5.75 Å². The minimum Gasteiger partial charge on any atom is -0.491 e. The molecule has 0 saturated carbocycles. The van der Waals surface area contributed by atoms with Crippen LogP contribution in [-0.4, -0.2) is 37.2 Å². The first kappa shape index (κ1) is 16.6. The van der Waals surface area contributed by atoms with Crippen molar-refractivity contribution in [1.29, 1.82) is 0 Å². The summed E-state index contributed by atoms with van der Waals surface area (Å²) in [5.74, 6) is 0.770. The largest absolute Gasteiger partial charge is 0.491 e. The maximum Gasteiger partial charge on any atom is 0.144 e. The monoisotopic (exact) mass is 279 g/mol. The smallest absolute Gasteiger partial charge is 0.144 e. The van der Waals surface area contributed by atoms with Gasteiger partial charge in [0.25, 0.3) is 0 Å². The molecule has 0 spiro atoms. The first-order valence-corrected chi connectivity index (χ1v) is 7.62. The zero-order valence-electron chi connectivity index (χ0n) is 13.3. The predicted molar refractivity (Wildman–Crippen MR) is 87.5 cm³/mol. The van der Waals surface area contributed by atoms with Crippen LogP contribution in [0.25, 0.3) is 0 Å². The van der Waals surface area contributed by atoms with Gasteiger partial charge in [0.2, 0.25) is 0 Å². The highest BCUT2D eigenvalue weighted by Gasteiger charge is 2.11. The quantitative estimate of drug-likeness (QED) is 0.682. The Hall–Kier alpha value is -1.42. The average Bonchev–Trinajstić information content (AvgIpc) is 2.45. The van der Waals surface area contributed by atoms with Crippen molar-refractivity contribution in [1.82, 2.24) is 4.90 Å². The van der Waals surface area contributed by atoms with Crippen molar-refractivity contribution in [3.05, 3.63) is 18.2 Å². The average molecular weight is 279 g/mol. The number of benzene rings is 1. The molecule has 4 heteroatoms. The molecule has 0 aliphatic heterocycles. The molecule has 0 amide bonds. The molecule has 0 aliphatic rings. The van der Waals surface area contributed by atoms with Crippen LogP contribution in [0.1, 0.15) is 34.1 Å². The lowest BCUT2D eigenvalue weighted by Crippen LogP contribution is -2.34. The standard InChI is InChI=1S/C16H29N3O/c1-5-11-20-15-10-8-9-14(16(15)17)18-13(4)12-19(6-2)7-3/h8-10,13,18H,5-7,11-12,17H2,1-4H3. The molecule has 0 bridgehead atoms. The van der Waals surface area contributed by atoms with E-state index in [4.69, 9.17) is 10.5 Å². The normalized spacial score (nSPS) is 12.4. The van der Waals surface area contributed by atoms with Crippen LogP contribution < -0.4 is 15.8 Å². The van der Waals surface area contributed by atoms with Gasteiger partial charge in [0.1, 0.15) is 5.75 Å². The first-order valence-electron chi connectivity index (χ1n) is 7.62. The lowest BCUT2D eigenvalue weighted by atomic mass is 10.2. The number of ether oxygens (including phenoxy) is 1. The van der Waals surface area contributed by atoms with Gasteiger partial charge < -0.3 is 20.7 Å². The van der Waals surface area contributed by atoms with Gasteiger partial charge in [-0.1, -0.05) is 26.8 Å². The van der Waals surface area contributed by atoms with Gasteiger partial charge in [0.05, 0.1) is 18.0 Å². The van der Waals surface area contributed by atoms with E-state index in [1.165, 1.54) is 0 Å². The highest BCUT2D eigenvalue weighted by molar-refractivity contribution is 5.73. The zero-order chi connectivity index (χ0) is 15.0. The fourth-order valence-electron chi connectivity index (χ4n) is 2.19. The van der Waals surface area contributed by atoms with Gasteiger partial charge in [-0.3, -0.25) is 0 Å². The van der Waals surface area contributed by atoms with Crippen molar-refractivity contribution in [2.24, 2.45) is 0 Å². The highest BCUT2D eigenvalue weighted by Crippen LogP contribution is 2.29. The fourth-order valence-corrected chi connectivity index (χ4v) is 2.19. The van der Waals surface area contributed by atoms with E-state index >= 15 is 0 Å². The van der Waals surface area contributed by atoms with Gasteiger partial charge in [-0.25, -0.2) is 0 Å². The van der Waals surface area contributed by atoms with Crippen LogP contribution in [-0.2, 0) is 0 Å². The summed E-state index contributed by atoms with van der Waals surface area (Å²) < 4.78 is 5.66. The molecule has 1 atom stereocenters. The summed E-state index contributed by atoms with van der Waals surface area (Å²) in [4.78, 5) is 2.39. The molecule has 0 saturated heterocycles. The van der Waals surface area contributed by atoms with E-state index in [9.17, 15) is 0 Å². The summed E-state index contributed by atoms with van der Waals surface area (Å²) >= 11 is 0. The van der Waals surface area contributed by atoms with Crippen LogP contribution in [0.4, 0.5) is 11.4 Å². The zero-order valence-corrected chi connectivity index (χ0v) is 13.3. The third kappa shape index (κ3) is 4.93. The molecule has 1 aromatic rings. The number of nitrogens with two attached hydrogens (primary N) is 1. The summed E-state index contributed by atoms with van der Waals surface area (Å²) in [6, 6.07) is 6.25. The number of likely N-dealkylation sites (N-methyl/N-ethyl adjacent to an activating group) is 1. The van der Waals surface area contributed by atoms with Crippen LogP contribution in [0.3, 0.4) is 0 Å². The molecule has 0 fully saturated rings. The lowest BCUT2D eigenvalue weighted by Gasteiger charge is -2.25. The van der Waals surface area contributed by atoms with E-state index in [0.717, 1.165) is 37.5 Å². The molecule has 0 radical (unpaired) electrons. The van der Waals surface area contributed by atoms with Gasteiger partial charge in [0, 0.05) is 12.6 Å². The first-order chi connectivity index (χ1) is 9.62. The molecule has 20 heavy (non-hydrogen) atoms. The van der Waals surface area contributed by atoms with Crippen molar-refractivity contribution in [3.8, 4) is 5.75 Å². The second kappa shape index (κ2) is 8.69. The second-order valence-electron chi connectivity index (χ2n) is 5.10. The topological polar surface area (TPSA) is 50.5 Å². The van der Waals surface area contributed by atoms with Crippen LogP contribution in [0.2, 0.25) is 0 Å². The van der Waals surface area contributed by atoms with Crippen molar-refractivity contribution in [2.75, 3.05) is 37.3 Å². The minimum atomic E-state index is 0.346. The third-order valence-corrected chi connectivity index (χ3v) is 3.36. The van der Waals surface area contributed by atoms with Crippen molar-refractivity contribution >= 4 is 11.4 Å². The maximum atomic E-state index is 6.17. The van der Waals surface area contributed by atoms with Gasteiger partial charge in [-0.2, -0.15) is 0 Å². The van der Waals surface area contributed by atoms with Gasteiger partial charge in [-0.15, -0.1) is 0 Å². The third-order valence-electron chi connectivity index (χ3n) is 3.36. The van der Waals surface area contributed by atoms with Crippen LogP contribution in [0, 0.1) is 0 Å². The lowest BCUT2D eigenvalue weighted by molar-refractivity contribution is 0.294. The predicted octanol–water partition coefficient (Wildman–Crippen LogP) is 3.20. The molecule has 1 rings (SSSR count). The van der Waals surface area contributed by atoms with Gasteiger partial charge in [0.15, 0.2) is 0 Å². The molecular weight excluding hydrogens is 250 g/mol. The molecule has 3 N–H and O–H groups in total. The highest BCUT2D eigenvalue weighted by atomic mass is 16.5. The Morgan fingerprint density at radius 1 is 1.25 bits per heavy atom. The Balaban J connectivity index is 2.67. The van der Waals surface area contributed by atoms with Crippen molar-refractivity contribution in [2.45, 2.75) is 40.2 Å². The second-order valence-corrected chi connectivity index (χ2v) is 5.10. The number of hydrogen-bond donors (Lipinski definition) is 2. The van der Waals surface area contributed by atoms with Gasteiger partial charge in [-0.05, 0) is 38.6 Å². The number of para-hydroxylation sites is 1. The summed E-state index contributed by atoms with van der Waals surface area (Å²) in [5.41, 5.74) is 7.83.